The molecule has 0 saturated carbocycles. The molecule has 3 rings (SSSR count). The highest BCUT2D eigenvalue weighted by atomic mass is 35.5. The lowest BCUT2D eigenvalue weighted by molar-refractivity contribution is 0.619. The highest BCUT2D eigenvalue weighted by molar-refractivity contribution is 7.10. The summed E-state index contributed by atoms with van der Waals surface area (Å²) in [6, 6.07) is 4.33. The molecule has 2 aromatic rings. The van der Waals surface area contributed by atoms with Gasteiger partial charge < -0.3 is 4.90 Å². The first-order valence-corrected chi connectivity index (χ1v) is 7.25. The van der Waals surface area contributed by atoms with Crippen molar-refractivity contribution >= 4 is 28.9 Å². The number of aryl methyl sites for hydroxylation is 1. The maximum absolute atomic E-state index is 6.02. The average Bonchev–Trinajstić information content (AvgIpc) is 2.77. The van der Waals surface area contributed by atoms with Gasteiger partial charge in [0.05, 0.1) is 6.04 Å². The Hall–Kier alpha value is -1.13. The first-order valence-electron chi connectivity index (χ1n) is 5.99. The van der Waals surface area contributed by atoms with Crippen LogP contribution in [-0.2, 0) is 6.42 Å². The van der Waals surface area contributed by atoms with Crippen LogP contribution in [0.1, 0.15) is 29.1 Å². The summed E-state index contributed by atoms with van der Waals surface area (Å²) in [5.41, 5.74) is 2.37. The zero-order valence-electron chi connectivity index (χ0n) is 10.4. The molecular formula is C13H14ClN3S. The van der Waals surface area contributed by atoms with Crippen LogP contribution < -0.4 is 4.90 Å². The van der Waals surface area contributed by atoms with Gasteiger partial charge in [-0.15, -0.1) is 11.3 Å². The van der Waals surface area contributed by atoms with Crippen LogP contribution in [0.3, 0.4) is 0 Å². The van der Waals surface area contributed by atoms with Gasteiger partial charge in [-0.25, -0.2) is 9.97 Å². The maximum atomic E-state index is 6.02. The van der Waals surface area contributed by atoms with E-state index in [2.05, 4.69) is 33.2 Å². The summed E-state index contributed by atoms with van der Waals surface area (Å²) in [6.07, 6.45) is 1.05. The second-order valence-corrected chi connectivity index (χ2v) is 5.90. The minimum Gasteiger partial charge on any atom is -0.333 e. The van der Waals surface area contributed by atoms with Gasteiger partial charge in [-0.3, -0.25) is 0 Å². The number of thiophene rings is 1. The number of fused-ring (bicyclic) bond motifs is 1. The summed E-state index contributed by atoms with van der Waals surface area (Å²) in [6.45, 7) is 5.10. The average molecular weight is 280 g/mol. The van der Waals surface area contributed by atoms with Crippen molar-refractivity contribution in [1.82, 2.24) is 9.97 Å². The zero-order chi connectivity index (χ0) is 12.7. The lowest BCUT2D eigenvalue weighted by atomic mass is 10.0. The topological polar surface area (TPSA) is 29.0 Å². The molecule has 0 saturated heterocycles. The van der Waals surface area contributed by atoms with Crippen LogP contribution >= 0.6 is 22.9 Å². The summed E-state index contributed by atoms with van der Waals surface area (Å²) < 4.78 is 0. The number of hydrogen-bond donors (Lipinski definition) is 0. The molecule has 94 valence electrons. The van der Waals surface area contributed by atoms with Crippen molar-refractivity contribution in [3.8, 4) is 0 Å². The van der Waals surface area contributed by atoms with Crippen LogP contribution in [0.5, 0.6) is 0 Å². The second kappa shape index (κ2) is 4.52. The van der Waals surface area contributed by atoms with Gasteiger partial charge in [-0.2, -0.15) is 0 Å². The molecule has 1 atom stereocenters. The number of nitrogens with zero attached hydrogens (tertiary/aromatic N) is 3. The fourth-order valence-electron chi connectivity index (χ4n) is 2.41. The molecule has 2 aromatic heterocycles. The van der Waals surface area contributed by atoms with Gasteiger partial charge in [0.15, 0.2) is 0 Å². The highest BCUT2D eigenvalue weighted by Gasteiger charge is 2.26. The van der Waals surface area contributed by atoms with Crippen LogP contribution in [0.4, 0.5) is 5.95 Å². The molecule has 0 aliphatic carbocycles. The molecule has 0 N–H and O–H groups in total. The standard InChI is InChI=1S/C13H14ClN3S/c1-8-7-11(14)16-13(15-8)17-5-3-10-4-6-18-12(10)9(17)2/h4,6-7,9H,3,5H2,1-2H3. The van der Waals surface area contributed by atoms with Crippen molar-refractivity contribution in [2.75, 3.05) is 11.4 Å². The van der Waals surface area contributed by atoms with E-state index in [0.29, 0.717) is 11.2 Å². The third kappa shape index (κ3) is 1.99. The number of rotatable bonds is 1. The highest BCUT2D eigenvalue weighted by Crippen LogP contribution is 2.35. The molecule has 0 amide bonds. The predicted octanol–water partition coefficient (Wildman–Crippen LogP) is 3.62. The Labute approximate surface area is 115 Å². The molecule has 5 heteroatoms. The van der Waals surface area contributed by atoms with E-state index in [9.17, 15) is 0 Å². The Morgan fingerprint density at radius 1 is 1.44 bits per heavy atom. The minimum atomic E-state index is 0.326. The lowest BCUT2D eigenvalue weighted by Gasteiger charge is -2.33. The largest absolute Gasteiger partial charge is 0.333 e. The zero-order valence-corrected chi connectivity index (χ0v) is 11.9. The molecular weight excluding hydrogens is 266 g/mol. The third-order valence-corrected chi connectivity index (χ3v) is 4.64. The van der Waals surface area contributed by atoms with E-state index in [4.69, 9.17) is 11.6 Å². The second-order valence-electron chi connectivity index (χ2n) is 4.56. The lowest BCUT2D eigenvalue weighted by Crippen LogP contribution is -2.34. The van der Waals surface area contributed by atoms with E-state index in [1.807, 2.05) is 18.3 Å². The van der Waals surface area contributed by atoms with Gasteiger partial charge >= 0.3 is 0 Å². The van der Waals surface area contributed by atoms with Gasteiger partial charge in [0, 0.05) is 17.1 Å². The Balaban J connectivity index is 1.99. The van der Waals surface area contributed by atoms with Gasteiger partial charge in [-0.05, 0) is 43.3 Å². The van der Waals surface area contributed by atoms with E-state index in [0.717, 1.165) is 24.6 Å². The molecule has 3 nitrogen and oxygen atoms in total. The predicted molar refractivity (Wildman–Crippen MR) is 75.6 cm³/mol. The number of halogens is 1. The molecule has 0 fully saturated rings. The quantitative estimate of drug-likeness (QED) is 0.747. The minimum absolute atomic E-state index is 0.326. The van der Waals surface area contributed by atoms with Gasteiger partial charge in [0.2, 0.25) is 5.95 Å². The summed E-state index contributed by atoms with van der Waals surface area (Å²) >= 11 is 7.83. The molecule has 18 heavy (non-hydrogen) atoms. The molecule has 0 bridgehead atoms. The summed E-state index contributed by atoms with van der Waals surface area (Å²) in [7, 11) is 0. The number of anilines is 1. The smallest absolute Gasteiger partial charge is 0.227 e. The molecule has 1 aliphatic heterocycles. The van der Waals surface area contributed by atoms with Crippen molar-refractivity contribution in [2.24, 2.45) is 0 Å². The van der Waals surface area contributed by atoms with E-state index in [1.54, 1.807) is 6.07 Å². The SMILES string of the molecule is Cc1cc(Cl)nc(N2CCc3ccsc3C2C)n1. The summed E-state index contributed by atoms with van der Waals surface area (Å²) in [5.74, 6) is 0.742. The fraction of sp³-hybridized carbons (Fsp3) is 0.385. The van der Waals surface area contributed by atoms with Crippen LogP contribution in [0.15, 0.2) is 17.5 Å². The van der Waals surface area contributed by atoms with E-state index >= 15 is 0 Å². The molecule has 1 aliphatic rings. The fourth-order valence-corrected chi connectivity index (χ4v) is 3.67. The van der Waals surface area contributed by atoms with Gasteiger partial charge in [0.1, 0.15) is 5.15 Å². The van der Waals surface area contributed by atoms with E-state index < -0.39 is 0 Å². The summed E-state index contributed by atoms with van der Waals surface area (Å²) in [4.78, 5) is 12.5. The monoisotopic (exact) mass is 279 g/mol. The van der Waals surface area contributed by atoms with Crippen LogP contribution in [0.2, 0.25) is 5.15 Å². The van der Waals surface area contributed by atoms with Crippen molar-refractivity contribution in [3.63, 3.8) is 0 Å². The Morgan fingerprint density at radius 3 is 3.06 bits per heavy atom. The number of hydrogen-bond acceptors (Lipinski definition) is 4. The summed E-state index contributed by atoms with van der Waals surface area (Å²) in [5, 5.41) is 2.68. The molecule has 1 unspecified atom stereocenters. The third-order valence-electron chi connectivity index (χ3n) is 3.32. The molecule has 3 heterocycles. The Kier molecular flexibility index (Phi) is 2.99. The molecule has 0 aromatic carbocycles. The molecule has 0 radical (unpaired) electrons. The van der Waals surface area contributed by atoms with Crippen LogP contribution in [0.25, 0.3) is 0 Å². The van der Waals surface area contributed by atoms with Crippen LogP contribution in [-0.4, -0.2) is 16.5 Å². The first-order chi connectivity index (χ1) is 8.65. The van der Waals surface area contributed by atoms with Crippen molar-refractivity contribution in [1.29, 1.82) is 0 Å². The van der Waals surface area contributed by atoms with Gasteiger partial charge in [0.25, 0.3) is 0 Å². The maximum Gasteiger partial charge on any atom is 0.227 e. The van der Waals surface area contributed by atoms with E-state index in [1.165, 1.54) is 10.4 Å². The van der Waals surface area contributed by atoms with Gasteiger partial charge in [-0.1, -0.05) is 11.6 Å². The normalized spacial score (nSPS) is 18.8. The first kappa shape index (κ1) is 11.9. The van der Waals surface area contributed by atoms with Crippen molar-refractivity contribution < 1.29 is 0 Å². The van der Waals surface area contributed by atoms with Crippen LogP contribution in [0, 0.1) is 6.92 Å². The van der Waals surface area contributed by atoms with E-state index in [-0.39, 0.29) is 0 Å². The van der Waals surface area contributed by atoms with Crippen molar-refractivity contribution in [2.45, 2.75) is 26.3 Å². The number of aromatic nitrogens is 2. The Morgan fingerprint density at radius 2 is 2.28 bits per heavy atom. The molecule has 0 spiro atoms. The Bertz CT molecular complexity index is 561. The van der Waals surface area contributed by atoms with Crippen molar-refractivity contribution in [3.05, 3.63) is 38.8 Å².